The maximum Gasteiger partial charge on any atom is 0.416 e. The van der Waals surface area contributed by atoms with Crippen molar-refractivity contribution in [1.29, 1.82) is 0 Å². The number of nitrogens with two attached hydrogens (primary N) is 1. The monoisotopic (exact) mass is 508 g/mol. The van der Waals surface area contributed by atoms with Crippen LogP contribution in [0.25, 0.3) is 11.0 Å². The summed E-state index contributed by atoms with van der Waals surface area (Å²) in [6.45, 7) is 0. The number of carbonyl (C=O) groups excluding carboxylic acids is 2. The molecule has 1 saturated carbocycles. The van der Waals surface area contributed by atoms with Crippen LogP contribution in [0.4, 0.5) is 35.2 Å². The van der Waals surface area contributed by atoms with Crippen LogP contribution in [0, 0.1) is 0 Å². The van der Waals surface area contributed by atoms with Gasteiger partial charge in [0.2, 0.25) is 0 Å². The average Bonchev–Trinajstić information content (AvgIpc) is 3.52. The number of rotatable bonds is 5. The van der Waals surface area contributed by atoms with Crippen molar-refractivity contribution in [2.75, 3.05) is 16.4 Å². The van der Waals surface area contributed by atoms with E-state index in [0.717, 1.165) is 37.8 Å². The molecule has 0 unspecified atom stereocenters. The minimum absolute atomic E-state index is 0.0187. The van der Waals surface area contributed by atoms with E-state index in [4.69, 9.17) is 5.73 Å². The van der Waals surface area contributed by atoms with Gasteiger partial charge in [-0.2, -0.15) is 13.2 Å². The average molecular weight is 509 g/mol. The van der Waals surface area contributed by atoms with E-state index in [0.29, 0.717) is 27.8 Å². The molecule has 11 heteroatoms. The Bertz CT molecular complexity index is 1490. The minimum Gasteiger partial charge on any atom is -0.383 e. The Balaban J connectivity index is 1.38. The Hall–Kier alpha value is -4.41. The molecule has 4 aromatic rings. The van der Waals surface area contributed by atoms with Crippen LogP contribution in [-0.4, -0.2) is 26.3 Å². The normalized spacial score (nSPS) is 14.1. The second kappa shape index (κ2) is 9.57. The van der Waals surface area contributed by atoms with Crippen LogP contribution < -0.4 is 16.4 Å². The smallest absolute Gasteiger partial charge is 0.383 e. The first kappa shape index (κ1) is 24.3. The quantitative estimate of drug-likeness (QED) is 0.285. The zero-order valence-corrected chi connectivity index (χ0v) is 19.5. The molecule has 5 rings (SSSR count). The van der Waals surface area contributed by atoms with Crippen LogP contribution in [0.1, 0.15) is 53.2 Å². The molecule has 0 aliphatic heterocycles. The predicted molar refractivity (Wildman–Crippen MR) is 133 cm³/mol. The molecule has 1 aliphatic carbocycles. The number of hydrogen-bond donors (Lipinski definition) is 3. The van der Waals surface area contributed by atoms with Gasteiger partial charge < -0.3 is 20.9 Å². The maximum absolute atomic E-state index is 13.5. The molecule has 190 valence electrons. The van der Waals surface area contributed by atoms with Gasteiger partial charge in [-0.25, -0.2) is 14.8 Å². The number of urea groups is 1. The summed E-state index contributed by atoms with van der Waals surface area (Å²) in [4.78, 5) is 34.4. The highest BCUT2D eigenvalue weighted by Gasteiger charge is 2.30. The highest BCUT2D eigenvalue weighted by molar-refractivity contribution is 6.18. The summed E-state index contributed by atoms with van der Waals surface area (Å²) in [5.41, 5.74) is 6.81. The predicted octanol–water partition coefficient (Wildman–Crippen LogP) is 6.02. The summed E-state index contributed by atoms with van der Waals surface area (Å²) in [6.07, 6.45) is 2.80. The first-order valence-corrected chi connectivity index (χ1v) is 11.7. The van der Waals surface area contributed by atoms with E-state index >= 15 is 0 Å². The Labute approximate surface area is 209 Å². The molecule has 0 saturated heterocycles. The molecular formula is C26H23F3N6O2. The second-order valence-electron chi connectivity index (χ2n) is 8.91. The van der Waals surface area contributed by atoms with Crippen molar-refractivity contribution in [3.8, 4) is 0 Å². The van der Waals surface area contributed by atoms with Gasteiger partial charge in [-0.3, -0.25) is 4.79 Å². The molecule has 2 heterocycles. The van der Waals surface area contributed by atoms with E-state index in [2.05, 4.69) is 20.6 Å². The molecule has 37 heavy (non-hydrogen) atoms. The number of carbonyl (C=O) groups is 2. The third-order valence-corrected chi connectivity index (χ3v) is 6.43. The number of alkyl halides is 3. The standard InChI is InChI=1S/C26H23F3N6O2/c27-26(28,29)16-6-4-8-18(12-16)34-25(37)33-17-7-3-5-15(11-17)22(36)20-13-35(19-9-1-2-10-19)24-21(20)23(30)31-14-32-24/h3-8,11-14,19H,1-2,9-10H2,(H2,30,31,32)(H2,33,34,37). The van der Waals surface area contributed by atoms with Gasteiger partial charge in [-0.1, -0.05) is 31.0 Å². The first-order valence-electron chi connectivity index (χ1n) is 11.7. The fourth-order valence-electron chi connectivity index (χ4n) is 4.70. The zero-order chi connectivity index (χ0) is 26.2. The fraction of sp³-hybridized carbons (Fsp3) is 0.231. The summed E-state index contributed by atoms with van der Waals surface area (Å²) < 4.78 is 40.8. The Morgan fingerprint density at radius 3 is 2.35 bits per heavy atom. The summed E-state index contributed by atoms with van der Waals surface area (Å²) in [6, 6.07) is 10.1. The SMILES string of the molecule is Nc1ncnc2c1c(C(=O)c1cccc(NC(=O)Nc3cccc(C(F)(F)F)c3)c1)cn2C1CCCC1. The molecule has 0 spiro atoms. The van der Waals surface area contributed by atoms with Crippen LogP contribution in [0.3, 0.4) is 0 Å². The van der Waals surface area contributed by atoms with E-state index in [-0.39, 0.29) is 23.3 Å². The zero-order valence-electron chi connectivity index (χ0n) is 19.5. The highest BCUT2D eigenvalue weighted by atomic mass is 19.4. The van der Waals surface area contributed by atoms with Crippen molar-refractivity contribution in [2.45, 2.75) is 37.9 Å². The lowest BCUT2D eigenvalue weighted by Crippen LogP contribution is -2.20. The number of hydrogen-bond acceptors (Lipinski definition) is 5. The largest absolute Gasteiger partial charge is 0.416 e. The van der Waals surface area contributed by atoms with Gasteiger partial charge in [-0.05, 0) is 43.2 Å². The number of nitrogen functional groups attached to an aromatic ring is 1. The van der Waals surface area contributed by atoms with E-state index < -0.39 is 17.8 Å². The molecule has 0 bridgehead atoms. The molecule has 2 aromatic heterocycles. The van der Waals surface area contributed by atoms with E-state index in [1.165, 1.54) is 24.5 Å². The summed E-state index contributed by atoms with van der Waals surface area (Å²) in [5, 5.41) is 5.42. The lowest BCUT2D eigenvalue weighted by atomic mass is 10.0. The summed E-state index contributed by atoms with van der Waals surface area (Å²) in [7, 11) is 0. The Kier molecular flexibility index (Phi) is 6.28. The Morgan fingerprint density at radius 1 is 0.973 bits per heavy atom. The first-order chi connectivity index (χ1) is 17.7. The summed E-state index contributed by atoms with van der Waals surface area (Å²) in [5.74, 6) is -0.106. The molecule has 2 aromatic carbocycles. The lowest BCUT2D eigenvalue weighted by Gasteiger charge is -2.12. The highest BCUT2D eigenvalue weighted by Crippen LogP contribution is 2.36. The van der Waals surface area contributed by atoms with Crippen molar-refractivity contribution in [2.24, 2.45) is 0 Å². The number of fused-ring (bicyclic) bond motifs is 1. The van der Waals surface area contributed by atoms with Crippen LogP contribution in [0.5, 0.6) is 0 Å². The van der Waals surface area contributed by atoms with Gasteiger partial charge in [0.15, 0.2) is 5.78 Å². The number of benzene rings is 2. The van der Waals surface area contributed by atoms with Crippen molar-refractivity contribution < 1.29 is 22.8 Å². The van der Waals surface area contributed by atoms with Gasteiger partial charge in [-0.15, -0.1) is 0 Å². The molecule has 0 atom stereocenters. The maximum atomic E-state index is 13.5. The van der Waals surface area contributed by atoms with E-state index in [9.17, 15) is 22.8 Å². The number of halogens is 3. The molecule has 1 fully saturated rings. The number of amides is 2. The van der Waals surface area contributed by atoms with Crippen LogP contribution in [0.15, 0.2) is 61.1 Å². The van der Waals surface area contributed by atoms with E-state index in [1.807, 2.05) is 4.57 Å². The number of nitrogens with zero attached hydrogens (tertiary/aromatic N) is 3. The molecule has 8 nitrogen and oxygen atoms in total. The molecule has 4 N–H and O–H groups in total. The number of ketones is 1. The fourth-order valence-corrected chi connectivity index (χ4v) is 4.70. The van der Waals surface area contributed by atoms with Gasteiger partial charge in [0.25, 0.3) is 0 Å². The van der Waals surface area contributed by atoms with Crippen LogP contribution in [0.2, 0.25) is 0 Å². The summed E-state index contributed by atoms with van der Waals surface area (Å²) >= 11 is 0. The topological polar surface area (TPSA) is 115 Å². The molecular weight excluding hydrogens is 485 g/mol. The molecule has 1 aliphatic rings. The number of nitrogens with one attached hydrogen (secondary N) is 2. The van der Waals surface area contributed by atoms with E-state index in [1.54, 1.807) is 24.4 Å². The second-order valence-corrected chi connectivity index (χ2v) is 8.91. The Morgan fingerprint density at radius 2 is 1.65 bits per heavy atom. The van der Waals surface area contributed by atoms with Gasteiger partial charge in [0.1, 0.15) is 17.8 Å². The van der Waals surface area contributed by atoms with Crippen molar-refractivity contribution >= 4 is 40.0 Å². The van der Waals surface area contributed by atoms with Crippen LogP contribution in [-0.2, 0) is 6.18 Å². The third kappa shape index (κ3) is 4.97. The molecule has 0 radical (unpaired) electrons. The molecule has 2 amide bonds. The lowest BCUT2D eigenvalue weighted by molar-refractivity contribution is -0.137. The van der Waals surface area contributed by atoms with Crippen molar-refractivity contribution in [3.63, 3.8) is 0 Å². The van der Waals surface area contributed by atoms with Gasteiger partial charge >= 0.3 is 12.2 Å². The van der Waals surface area contributed by atoms with Crippen molar-refractivity contribution in [1.82, 2.24) is 14.5 Å². The van der Waals surface area contributed by atoms with Gasteiger partial charge in [0.05, 0.1) is 16.5 Å². The van der Waals surface area contributed by atoms with Crippen molar-refractivity contribution in [3.05, 3.63) is 77.7 Å². The minimum atomic E-state index is -4.53. The number of anilines is 3. The van der Waals surface area contributed by atoms with Gasteiger partial charge in [0, 0.05) is 29.2 Å². The third-order valence-electron chi connectivity index (χ3n) is 6.43. The number of aromatic nitrogens is 3. The van der Waals surface area contributed by atoms with Crippen LogP contribution >= 0.6 is 0 Å².